The summed E-state index contributed by atoms with van der Waals surface area (Å²) in [6.07, 6.45) is 0.341. The van der Waals surface area contributed by atoms with Crippen LogP contribution in [0.1, 0.15) is 30.8 Å². The van der Waals surface area contributed by atoms with Crippen LogP contribution in [-0.2, 0) is 18.3 Å². The molecular formula is C13H23N3O2. The van der Waals surface area contributed by atoms with Crippen LogP contribution in [0, 0.1) is 19.8 Å². The third kappa shape index (κ3) is 3.32. The molecule has 1 rings (SSSR count). The zero-order valence-electron chi connectivity index (χ0n) is 11.8. The summed E-state index contributed by atoms with van der Waals surface area (Å²) in [7, 11) is 1.88. The van der Waals surface area contributed by atoms with Gasteiger partial charge in [-0.2, -0.15) is 5.10 Å². The number of aliphatic hydroxyl groups excluding tert-OH is 1. The van der Waals surface area contributed by atoms with Crippen molar-refractivity contribution in [1.29, 1.82) is 0 Å². The minimum atomic E-state index is -0.0280. The van der Waals surface area contributed by atoms with Crippen LogP contribution < -0.4 is 5.32 Å². The molecule has 0 aliphatic carbocycles. The summed E-state index contributed by atoms with van der Waals surface area (Å²) in [5, 5.41) is 16.2. The summed E-state index contributed by atoms with van der Waals surface area (Å²) in [6, 6.07) is -0.0280. The van der Waals surface area contributed by atoms with Crippen molar-refractivity contribution in [2.24, 2.45) is 13.0 Å². The zero-order valence-corrected chi connectivity index (χ0v) is 11.8. The van der Waals surface area contributed by atoms with Crippen LogP contribution in [-0.4, -0.2) is 33.4 Å². The number of rotatable bonds is 5. The molecule has 18 heavy (non-hydrogen) atoms. The number of hydrogen-bond acceptors (Lipinski definition) is 3. The molecule has 5 nitrogen and oxygen atoms in total. The Labute approximate surface area is 108 Å². The molecule has 2 unspecified atom stereocenters. The normalized spacial score (nSPS) is 14.3. The lowest BCUT2D eigenvalue weighted by molar-refractivity contribution is -0.121. The van der Waals surface area contributed by atoms with Gasteiger partial charge in [0.15, 0.2) is 0 Å². The van der Waals surface area contributed by atoms with Crippen molar-refractivity contribution < 1.29 is 9.90 Å². The molecule has 0 aliphatic rings. The smallest absolute Gasteiger partial charge is 0.224 e. The highest BCUT2D eigenvalue weighted by atomic mass is 16.3. The van der Waals surface area contributed by atoms with E-state index >= 15 is 0 Å². The molecule has 2 N–H and O–H groups in total. The molecule has 1 aromatic heterocycles. The van der Waals surface area contributed by atoms with Gasteiger partial charge in [-0.1, -0.05) is 6.92 Å². The molecule has 0 aromatic carbocycles. The van der Waals surface area contributed by atoms with Gasteiger partial charge in [0.1, 0.15) is 0 Å². The molecular weight excluding hydrogens is 230 g/mol. The van der Waals surface area contributed by atoms with Crippen LogP contribution >= 0.6 is 0 Å². The van der Waals surface area contributed by atoms with E-state index in [2.05, 4.69) is 10.4 Å². The molecule has 0 aliphatic heterocycles. The maximum Gasteiger partial charge on any atom is 0.224 e. The summed E-state index contributed by atoms with van der Waals surface area (Å²) in [5.74, 6) is 0.0343. The molecule has 0 fully saturated rings. The molecule has 102 valence electrons. The van der Waals surface area contributed by atoms with E-state index in [1.807, 2.05) is 34.7 Å². The highest BCUT2D eigenvalue weighted by molar-refractivity contribution is 5.79. The molecule has 0 bridgehead atoms. The Kier molecular flexibility index (Phi) is 4.90. The first-order valence-corrected chi connectivity index (χ1v) is 6.26. The molecule has 0 spiro atoms. The lowest BCUT2D eigenvalue weighted by atomic mass is 10.0. The number of carbonyl (C=O) groups excluding carboxylic acids is 1. The van der Waals surface area contributed by atoms with Crippen LogP contribution in [0.15, 0.2) is 0 Å². The fourth-order valence-electron chi connectivity index (χ4n) is 1.84. The standard InChI is InChI=1S/C13H23N3O2/c1-8(7-17)9(2)14-13(18)6-12-10(3)15-16(5)11(12)4/h8-9,17H,6-7H2,1-5H3,(H,14,18). The van der Waals surface area contributed by atoms with Gasteiger partial charge in [-0.3, -0.25) is 9.48 Å². The third-order valence-corrected chi connectivity index (χ3v) is 3.53. The Balaban J connectivity index is 2.65. The number of aromatic nitrogens is 2. The van der Waals surface area contributed by atoms with E-state index in [1.54, 1.807) is 4.68 Å². The molecule has 1 amide bonds. The Morgan fingerprint density at radius 1 is 1.44 bits per heavy atom. The predicted octanol–water partition coefficient (Wildman–Crippen LogP) is 0.713. The number of nitrogens with one attached hydrogen (secondary N) is 1. The lowest BCUT2D eigenvalue weighted by Gasteiger charge is -2.19. The molecule has 0 radical (unpaired) electrons. The van der Waals surface area contributed by atoms with Gasteiger partial charge in [0, 0.05) is 31.0 Å². The second-order valence-corrected chi connectivity index (χ2v) is 4.97. The SMILES string of the molecule is Cc1nn(C)c(C)c1CC(=O)NC(C)C(C)CO. The first kappa shape index (κ1) is 14.7. The van der Waals surface area contributed by atoms with Gasteiger partial charge < -0.3 is 10.4 Å². The largest absolute Gasteiger partial charge is 0.396 e. The Morgan fingerprint density at radius 2 is 2.06 bits per heavy atom. The topological polar surface area (TPSA) is 67.2 Å². The van der Waals surface area contributed by atoms with Gasteiger partial charge in [0.25, 0.3) is 0 Å². The minimum absolute atomic E-state index is 0.0259. The van der Waals surface area contributed by atoms with Crippen molar-refractivity contribution in [2.45, 2.75) is 40.2 Å². The minimum Gasteiger partial charge on any atom is -0.396 e. The second-order valence-electron chi connectivity index (χ2n) is 4.97. The zero-order chi connectivity index (χ0) is 13.9. The summed E-state index contributed by atoms with van der Waals surface area (Å²) in [6.45, 7) is 7.76. The van der Waals surface area contributed by atoms with Crippen molar-refractivity contribution in [1.82, 2.24) is 15.1 Å². The van der Waals surface area contributed by atoms with Gasteiger partial charge in [-0.25, -0.2) is 0 Å². The summed E-state index contributed by atoms with van der Waals surface area (Å²) >= 11 is 0. The summed E-state index contributed by atoms with van der Waals surface area (Å²) in [5.41, 5.74) is 2.90. The Hall–Kier alpha value is -1.36. The molecule has 2 atom stereocenters. The van der Waals surface area contributed by atoms with E-state index in [0.29, 0.717) is 6.42 Å². The van der Waals surface area contributed by atoms with Crippen LogP contribution in [0.2, 0.25) is 0 Å². The fraction of sp³-hybridized carbons (Fsp3) is 0.692. The highest BCUT2D eigenvalue weighted by Crippen LogP contribution is 2.12. The third-order valence-electron chi connectivity index (χ3n) is 3.53. The maximum absolute atomic E-state index is 11.9. The first-order chi connectivity index (χ1) is 8.36. The van der Waals surface area contributed by atoms with E-state index in [-0.39, 0.29) is 24.5 Å². The average Bonchev–Trinajstić information content (AvgIpc) is 2.54. The molecule has 0 saturated carbocycles. The number of nitrogens with zero attached hydrogens (tertiary/aromatic N) is 2. The number of hydrogen-bond donors (Lipinski definition) is 2. The van der Waals surface area contributed by atoms with Crippen LogP contribution in [0.5, 0.6) is 0 Å². The number of carbonyl (C=O) groups is 1. The maximum atomic E-state index is 11.9. The number of aliphatic hydroxyl groups is 1. The molecule has 1 aromatic rings. The molecule has 1 heterocycles. The van der Waals surface area contributed by atoms with Crippen molar-refractivity contribution in [3.63, 3.8) is 0 Å². The van der Waals surface area contributed by atoms with Crippen molar-refractivity contribution in [3.05, 3.63) is 17.0 Å². The summed E-state index contributed by atoms with van der Waals surface area (Å²) < 4.78 is 1.79. The fourth-order valence-corrected chi connectivity index (χ4v) is 1.84. The highest BCUT2D eigenvalue weighted by Gasteiger charge is 2.17. The van der Waals surface area contributed by atoms with Crippen molar-refractivity contribution >= 4 is 5.91 Å². The lowest BCUT2D eigenvalue weighted by Crippen LogP contribution is -2.39. The van der Waals surface area contributed by atoms with E-state index < -0.39 is 0 Å². The van der Waals surface area contributed by atoms with Gasteiger partial charge in [-0.05, 0) is 26.7 Å². The van der Waals surface area contributed by atoms with E-state index in [1.165, 1.54) is 0 Å². The van der Waals surface area contributed by atoms with E-state index in [0.717, 1.165) is 17.0 Å². The quantitative estimate of drug-likeness (QED) is 0.812. The van der Waals surface area contributed by atoms with Crippen LogP contribution in [0.3, 0.4) is 0 Å². The number of aryl methyl sites for hydroxylation is 2. The van der Waals surface area contributed by atoms with Crippen molar-refractivity contribution in [2.75, 3.05) is 6.61 Å². The Morgan fingerprint density at radius 3 is 2.50 bits per heavy atom. The van der Waals surface area contributed by atoms with E-state index in [4.69, 9.17) is 5.11 Å². The monoisotopic (exact) mass is 253 g/mol. The average molecular weight is 253 g/mol. The van der Waals surface area contributed by atoms with Gasteiger partial charge in [-0.15, -0.1) is 0 Å². The molecule has 5 heteroatoms. The van der Waals surface area contributed by atoms with Crippen molar-refractivity contribution in [3.8, 4) is 0 Å². The van der Waals surface area contributed by atoms with Gasteiger partial charge >= 0.3 is 0 Å². The Bertz CT molecular complexity index is 426. The number of amides is 1. The predicted molar refractivity (Wildman–Crippen MR) is 70.2 cm³/mol. The van der Waals surface area contributed by atoms with Gasteiger partial charge in [0.2, 0.25) is 5.91 Å². The van der Waals surface area contributed by atoms with Crippen LogP contribution in [0.4, 0.5) is 0 Å². The van der Waals surface area contributed by atoms with Crippen LogP contribution in [0.25, 0.3) is 0 Å². The first-order valence-electron chi connectivity index (χ1n) is 6.26. The van der Waals surface area contributed by atoms with Gasteiger partial charge in [0.05, 0.1) is 12.1 Å². The van der Waals surface area contributed by atoms with E-state index in [9.17, 15) is 4.79 Å². The summed E-state index contributed by atoms with van der Waals surface area (Å²) in [4.78, 5) is 11.9. The molecule has 0 saturated heterocycles. The second kappa shape index (κ2) is 6.00.